The second kappa shape index (κ2) is 19.2. The van der Waals surface area contributed by atoms with E-state index in [1.807, 2.05) is 0 Å². The minimum absolute atomic E-state index is 0. The Kier molecular flexibility index (Phi) is 170. The smallest absolute Gasteiger partial charge is 2.00 e. The van der Waals surface area contributed by atoms with E-state index >= 15 is 0 Å². The summed E-state index contributed by atoms with van der Waals surface area (Å²) in [6.07, 6.45) is 0. The van der Waals surface area contributed by atoms with Crippen LogP contribution in [0, 0.1) is 0 Å². The molecule has 0 N–H and O–H groups in total. The molecule has 0 aliphatic rings. The summed E-state index contributed by atoms with van der Waals surface area (Å²) in [6.45, 7) is 0. The summed E-state index contributed by atoms with van der Waals surface area (Å²) >= 11 is 0. The maximum absolute atomic E-state index is 0. The molecule has 0 aliphatic carbocycles. The Morgan fingerprint density at radius 2 is 0.750 bits per heavy atom. The van der Waals surface area contributed by atoms with E-state index in [0.717, 1.165) is 0 Å². The van der Waals surface area contributed by atoms with Gasteiger partial charge in [-0.25, -0.2) is 0 Å². The summed E-state index contributed by atoms with van der Waals surface area (Å²) in [5, 5.41) is 0. The SMILES string of the molecule is [Cd+2].[Fe+2].[S-2].[S-2]. The summed E-state index contributed by atoms with van der Waals surface area (Å²) < 4.78 is 0. The predicted molar refractivity (Wildman–Crippen MR) is 14.7 cm³/mol. The van der Waals surface area contributed by atoms with E-state index in [1.54, 1.807) is 0 Å². The Morgan fingerprint density at radius 3 is 0.750 bits per heavy atom. The maximum Gasteiger partial charge on any atom is 2.00 e. The Hall–Kier alpha value is 2.14. The van der Waals surface area contributed by atoms with Crippen LogP contribution >= 0.6 is 0 Å². The summed E-state index contributed by atoms with van der Waals surface area (Å²) in [5.74, 6) is 0. The van der Waals surface area contributed by atoms with Crippen LogP contribution in [0.1, 0.15) is 0 Å². The first kappa shape index (κ1) is 35.4. The topological polar surface area (TPSA) is 0 Å². The zero-order chi connectivity index (χ0) is 0. The van der Waals surface area contributed by atoms with Crippen LogP contribution in [0.4, 0.5) is 0 Å². The van der Waals surface area contributed by atoms with Gasteiger partial charge in [-0.15, -0.1) is 0 Å². The van der Waals surface area contributed by atoms with Gasteiger partial charge in [-0.2, -0.15) is 0 Å². The van der Waals surface area contributed by atoms with Crippen molar-refractivity contribution in [1.29, 1.82) is 0 Å². The van der Waals surface area contributed by atoms with Gasteiger partial charge in [-0.3, -0.25) is 0 Å². The van der Waals surface area contributed by atoms with Crippen molar-refractivity contribution >= 4 is 27.0 Å². The third-order valence-electron chi connectivity index (χ3n) is 0. The van der Waals surface area contributed by atoms with Crippen molar-refractivity contribution in [3.8, 4) is 0 Å². The van der Waals surface area contributed by atoms with Crippen LogP contribution in [0.25, 0.3) is 0 Å². The normalized spacial score (nSPS) is 0. The van der Waals surface area contributed by atoms with Gasteiger partial charge in [-0.05, 0) is 0 Å². The van der Waals surface area contributed by atoms with Crippen LogP contribution in [-0.4, -0.2) is 0 Å². The van der Waals surface area contributed by atoms with E-state index < -0.39 is 0 Å². The molecule has 0 aromatic carbocycles. The second-order valence-electron chi connectivity index (χ2n) is 0. The summed E-state index contributed by atoms with van der Waals surface area (Å²) in [7, 11) is 0. The van der Waals surface area contributed by atoms with Crippen LogP contribution in [0.5, 0.6) is 0 Å². The molecule has 0 atom stereocenters. The minimum Gasteiger partial charge on any atom is -2.00 e. The molecule has 0 aromatic rings. The average molecular weight is 232 g/mol. The summed E-state index contributed by atoms with van der Waals surface area (Å²) in [4.78, 5) is 0. The van der Waals surface area contributed by atoms with E-state index in [9.17, 15) is 0 Å². The standard InChI is InChI=1S/Cd.Fe.2S/q2*+2;2*-2. The molecule has 4 heavy (non-hydrogen) atoms. The van der Waals surface area contributed by atoms with Crippen LogP contribution in [0.2, 0.25) is 0 Å². The van der Waals surface area contributed by atoms with Gasteiger partial charge in [0.2, 0.25) is 0 Å². The molecule has 0 radical (unpaired) electrons. The van der Waals surface area contributed by atoms with Gasteiger partial charge >= 0.3 is 44.4 Å². The molecule has 0 unspecified atom stereocenters. The quantitative estimate of drug-likeness (QED) is 0.515. The monoisotopic (exact) mass is 234 g/mol. The van der Waals surface area contributed by atoms with E-state index in [4.69, 9.17) is 0 Å². The van der Waals surface area contributed by atoms with E-state index in [1.165, 1.54) is 0 Å². The van der Waals surface area contributed by atoms with Crippen molar-refractivity contribution in [2.24, 2.45) is 0 Å². The molecule has 4 heteroatoms. The maximum atomic E-state index is 0. The fraction of sp³-hybridized carbons (Fsp3) is 0. The van der Waals surface area contributed by atoms with Gasteiger partial charge in [0.15, 0.2) is 0 Å². The molecule has 0 saturated heterocycles. The number of rotatable bonds is 0. The number of hydrogen-bond donors (Lipinski definition) is 0. The van der Waals surface area contributed by atoms with Crippen molar-refractivity contribution in [1.82, 2.24) is 0 Å². The third-order valence-corrected chi connectivity index (χ3v) is 0. The van der Waals surface area contributed by atoms with Gasteiger partial charge in [0.05, 0.1) is 0 Å². The molecule has 0 aromatic heterocycles. The van der Waals surface area contributed by atoms with Crippen LogP contribution in [0.3, 0.4) is 0 Å². The van der Waals surface area contributed by atoms with Crippen molar-refractivity contribution in [3.63, 3.8) is 0 Å². The fourth-order valence-electron chi connectivity index (χ4n) is 0. The molecular weight excluding hydrogens is 232 g/mol. The first-order valence-corrected chi connectivity index (χ1v) is 0. The molecule has 0 rings (SSSR count). The van der Waals surface area contributed by atoms with Crippen LogP contribution in [-0.2, 0) is 71.4 Å². The van der Waals surface area contributed by atoms with Crippen LogP contribution < -0.4 is 0 Å². The Balaban J connectivity index is 0. The Labute approximate surface area is 70.6 Å². The fourth-order valence-corrected chi connectivity index (χ4v) is 0. The van der Waals surface area contributed by atoms with E-state index in [-0.39, 0.29) is 71.4 Å². The molecule has 0 spiro atoms. The summed E-state index contributed by atoms with van der Waals surface area (Å²) in [5.41, 5.74) is 0. The van der Waals surface area contributed by atoms with Gasteiger partial charge in [0.1, 0.15) is 0 Å². The first-order valence-electron chi connectivity index (χ1n) is 0. The average Bonchev–Trinajstić information content (AvgIpc) is 0. The number of hydrogen-bond acceptors (Lipinski definition) is 0. The molecule has 0 nitrogen and oxygen atoms in total. The zero-order valence-electron chi connectivity index (χ0n) is 1.88. The first-order chi connectivity index (χ1) is 0. The van der Waals surface area contributed by atoms with E-state index in [0.29, 0.717) is 0 Å². The van der Waals surface area contributed by atoms with Crippen molar-refractivity contribution in [2.45, 2.75) is 0 Å². The molecule has 0 saturated carbocycles. The largest absolute Gasteiger partial charge is 2.00 e. The van der Waals surface area contributed by atoms with Gasteiger partial charge in [0, 0.05) is 0 Å². The van der Waals surface area contributed by atoms with E-state index in [2.05, 4.69) is 0 Å². The Morgan fingerprint density at radius 1 is 0.750 bits per heavy atom. The second-order valence-corrected chi connectivity index (χ2v) is 0. The predicted octanol–water partition coefficient (Wildman–Crippen LogP) is -0.00980. The Bertz CT molecular complexity index is 6.00. The van der Waals surface area contributed by atoms with Crippen molar-refractivity contribution in [2.75, 3.05) is 0 Å². The molecule has 0 aliphatic heterocycles. The molecule has 0 bridgehead atoms. The van der Waals surface area contributed by atoms with Crippen molar-refractivity contribution in [3.05, 3.63) is 0 Å². The van der Waals surface area contributed by atoms with Gasteiger partial charge in [0.25, 0.3) is 0 Å². The molecule has 0 amide bonds. The minimum atomic E-state index is 0. The summed E-state index contributed by atoms with van der Waals surface area (Å²) in [6, 6.07) is 0. The third kappa shape index (κ3) is 8.91. The molecule has 0 heterocycles. The molecular formula is CdFeS2. The molecule has 0 fully saturated rings. The van der Waals surface area contributed by atoms with Gasteiger partial charge < -0.3 is 27.0 Å². The zero-order valence-corrected chi connectivity index (χ0v) is 8.65. The van der Waals surface area contributed by atoms with Gasteiger partial charge in [-0.1, -0.05) is 0 Å². The molecule has 22 valence electrons. The van der Waals surface area contributed by atoms with Crippen molar-refractivity contribution < 1.29 is 44.4 Å². The van der Waals surface area contributed by atoms with Crippen LogP contribution in [0.15, 0.2) is 0 Å².